The number of aliphatic hydroxyl groups is 1. The summed E-state index contributed by atoms with van der Waals surface area (Å²) in [5.41, 5.74) is 5.06. The topological polar surface area (TPSA) is 52.8 Å². The van der Waals surface area contributed by atoms with Crippen LogP contribution in [0, 0.1) is 5.92 Å². The van der Waals surface area contributed by atoms with Crippen molar-refractivity contribution in [2.45, 2.75) is 32.7 Å². The zero-order valence-corrected chi connectivity index (χ0v) is 17.0. The minimum Gasteiger partial charge on any atom is -0.507 e. The average molecular weight is 386 g/mol. The average Bonchev–Trinajstić information content (AvgIpc) is 2.74. The van der Waals surface area contributed by atoms with E-state index in [2.05, 4.69) is 47.5 Å². The van der Waals surface area contributed by atoms with E-state index in [1.54, 1.807) is 6.21 Å². The summed E-state index contributed by atoms with van der Waals surface area (Å²) in [4.78, 5) is 4.55. The van der Waals surface area contributed by atoms with E-state index < -0.39 is 0 Å². The zero-order valence-electron chi connectivity index (χ0n) is 17.0. The van der Waals surface area contributed by atoms with E-state index >= 15 is 0 Å². The number of hydrogen-bond acceptors (Lipinski definition) is 3. The van der Waals surface area contributed by atoms with Gasteiger partial charge in [-0.3, -0.25) is 4.99 Å². The fraction of sp³-hybridized carbons (Fsp3) is 0.269. The number of nitrogens with zero attached hydrogens (tertiary/aromatic N) is 1. The van der Waals surface area contributed by atoms with Gasteiger partial charge in [-0.05, 0) is 52.3 Å². The number of rotatable bonds is 5. The van der Waals surface area contributed by atoms with Crippen molar-refractivity contribution in [1.29, 1.82) is 0 Å². The third kappa shape index (κ3) is 3.70. The van der Waals surface area contributed by atoms with Crippen molar-refractivity contribution in [1.82, 2.24) is 0 Å². The van der Waals surface area contributed by atoms with Crippen molar-refractivity contribution in [3.63, 3.8) is 0 Å². The van der Waals surface area contributed by atoms with E-state index in [1.807, 2.05) is 32.0 Å². The lowest BCUT2D eigenvalue weighted by Crippen LogP contribution is -2.17. The molecule has 0 saturated carbocycles. The van der Waals surface area contributed by atoms with Gasteiger partial charge in [-0.15, -0.1) is 0 Å². The van der Waals surface area contributed by atoms with Crippen LogP contribution in [0.4, 0.5) is 0 Å². The van der Waals surface area contributed by atoms with Gasteiger partial charge in [-0.25, -0.2) is 0 Å². The molecule has 1 atom stereocenters. The van der Waals surface area contributed by atoms with Crippen molar-refractivity contribution < 1.29 is 10.2 Å². The third-order valence-electron chi connectivity index (χ3n) is 5.74. The lowest BCUT2D eigenvalue weighted by atomic mass is 9.86. The SMILES string of the molecule is CC(C)C(CO)N=Cc1cc2ccccc2c(-c2cccc3c2C=CCC3)c1O. The number of fused-ring (bicyclic) bond motifs is 2. The molecule has 4 rings (SSSR count). The van der Waals surface area contributed by atoms with Crippen LogP contribution in [0.3, 0.4) is 0 Å². The highest BCUT2D eigenvalue weighted by Crippen LogP contribution is 2.42. The Morgan fingerprint density at radius 1 is 1.10 bits per heavy atom. The predicted octanol–water partition coefficient (Wildman–Crippen LogP) is 5.61. The smallest absolute Gasteiger partial charge is 0.132 e. The molecule has 0 heterocycles. The van der Waals surface area contributed by atoms with E-state index in [0.717, 1.165) is 34.7 Å². The standard InChI is InChI=1S/C26H27NO2/c1-17(2)24(16-28)27-15-20-14-19-9-4-6-12-22(19)25(26(20)29)23-13-7-10-18-8-3-5-11-21(18)23/h4-7,9-15,17,24,28-29H,3,8,16H2,1-2H3. The van der Waals surface area contributed by atoms with Crippen LogP contribution < -0.4 is 0 Å². The Labute approximate surface area is 172 Å². The Bertz CT molecular complexity index is 1100. The number of phenolic OH excluding ortho intramolecular Hbond substituents is 1. The molecule has 1 aliphatic carbocycles. The summed E-state index contributed by atoms with van der Waals surface area (Å²) in [7, 11) is 0. The van der Waals surface area contributed by atoms with Gasteiger partial charge in [0, 0.05) is 17.3 Å². The van der Waals surface area contributed by atoms with Gasteiger partial charge in [0.1, 0.15) is 5.75 Å². The quantitative estimate of drug-likeness (QED) is 0.561. The first-order valence-corrected chi connectivity index (χ1v) is 10.3. The van der Waals surface area contributed by atoms with E-state index in [0.29, 0.717) is 5.56 Å². The molecule has 2 N–H and O–H groups in total. The van der Waals surface area contributed by atoms with Crippen molar-refractivity contribution in [3.05, 3.63) is 71.3 Å². The predicted molar refractivity (Wildman–Crippen MR) is 122 cm³/mol. The van der Waals surface area contributed by atoms with Crippen molar-refractivity contribution in [2.24, 2.45) is 10.9 Å². The number of hydrogen-bond donors (Lipinski definition) is 2. The third-order valence-corrected chi connectivity index (χ3v) is 5.74. The second-order valence-corrected chi connectivity index (χ2v) is 8.00. The van der Waals surface area contributed by atoms with E-state index in [1.165, 1.54) is 11.1 Å². The molecule has 0 radical (unpaired) electrons. The summed E-state index contributed by atoms with van der Waals surface area (Å²) < 4.78 is 0. The van der Waals surface area contributed by atoms with Gasteiger partial charge >= 0.3 is 0 Å². The second kappa shape index (κ2) is 8.22. The van der Waals surface area contributed by atoms with Gasteiger partial charge in [0.05, 0.1) is 12.6 Å². The Hall–Kier alpha value is -2.91. The molecule has 0 fully saturated rings. The van der Waals surface area contributed by atoms with Crippen LogP contribution >= 0.6 is 0 Å². The molecule has 1 aliphatic rings. The van der Waals surface area contributed by atoms with Crippen LogP contribution in [0.1, 0.15) is 37.0 Å². The fourth-order valence-corrected chi connectivity index (χ4v) is 4.02. The molecular weight excluding hydrogens is 358 g/mol. The number of aryl methyl sites for hydroxylation is 1. The molecule has 148 valence electrons. The van der Waals surface area contributed by atoms with Crippen LogP contribution in [-0.2, 0) is 6.42 Å². The maximum atomic E-state index is 11.3. The highest BCUT2D eigenvalue weighted by molar-refractivity contribution is 6.06. The number of phenols is 1. The summed E-state index contributed by atoms with van der Waals surface area (Å²) in [5, 5.41) is 23.0. The van der Waals surface area contributed by atoms with Crippen LogP contribution in [0.2, 0.25) is 0 Å². The van der Waals surface area contributed by atoms with Gasteiger partial charge in [-0.2, -0.15) is 0 Å². The van der Waals surface area contributed by atoms with E-state index in [9.17, 15) is 10.2 Å². The Balaban J connectivity index is 1.94. The molecule has 29 heavy (non-hydrogen) atoms. The van der Waals surface area contributed by atoms with Gasteiger partial charge in [0.15, 0.2) is 0 Å². The molecule has 0 spiro atoms. The number of allylic oxidation sites excluding steroid dienone is 1. The van der Waals surface area contributed by atoms with Gasteiger partial charge in [0.2, 0.25) is 0 Å². The molecule has 0 saturated heterocycles. The lowest BCUT2D eigenvalue weighted by molar-refractivity contribution is 0.240. The first kappa shape index (κ1) is 19.4. The number of aliphatic hydroxyl groups excluding tert-OH is 1. The maximum absolute atomic E-state index is 11.3. The highest BCUT2D eigenvalue weighted by atomic mass is 16.3. The molecular formula is C26H27NO2. The molecule has 3 aromatic rings. The van der Waals surface area contributed by atoms with Crippen LogP contribution in [0.15, 0.2) is 59.6 Å². The summed E-state index contributed by atoms with van der Waals surface area (Å²) in [6.45, 7) is 4.06. The van der Waals surface area contributed by atoms with Crippen LogP contribution in [0.5, 0.6) is 5.75 Å². The van der Waals surface area contributed by atoms with Gasteiger partial charge in [-0.1, -0.05) is 68.5 Å². The van der Waals surface area contributed by atoms with E-state index in [4.69, 9.17) is 0 Å². The molecule has 3 heteroatoms. The fourth-order valence-electron chi connectivity index (χ4n) is 4.02. The maximum Gasteiger partial charge on any atom is 0.132 e. The molecule has 0 amide bonds. The van der Waals surface area contributed by atoms with Crippen molar-refractivity contribution in [3.8, 4) is 16.9 Å². The number of benzene rings is 3. The highest BCUT2D eigenvalue weighted by Gasteiger charge is 2.18. The molecule has 0 aliphatic heterocycles. The van der Waals surface area contributed by atoms with Crippen LogP contribution in [0.25, 0.3) is 28.0 Å². The summed E-state index contributed by atoms with van der Waals surface area (Å²) in [6.07, 6.45) is 8.14. The molecule has 1 unspecified atom stereocenters. The Morgan fingerprint density at radius 2 is 1.93 bits per heavy atom. The van der Waals surface area contributed by atoms with Crippen molar-refractivity contribution >= 4 is 23.1 Å². The molecule has 0 aromatic heterocycles. The molecule has 0 bridgehead atoms. The minimum atomic E-state index is -0.184. The summed E-state index contributed by atoms with van der Waals surface area (Å²) in [6, 6.07) is 16.2. The molecule has 3 nitrogen and oxygen atoms in total. The normalized spacial score (nSPS) is 14.6. The number of aromatic hydroxyl groups is 1. The monoisotopic (exact) mass is 385 g/mol. The molecule has 3 aromatic carbocycles. The summed E-state index contributed by atoms with van der Waals surface area (Å²) >= 11 is 0. The van der Waals surface area contributed by atoms with E-state index in [-0.39, 0.29) is 24.3 Å². The Kier molecular flexibility index (Phi) is 5.50. The second-order valence-electron chi connectivity index (χ2n) is 8.00. The zero-order chi connectivity index (χ0) is 20.4. The first-order valence-electron chi connectivity index (χ1n) is 10.3. The van der Waals surface area contributed by atoms with Crippen molar-refractivity contribution in [2.75, 3.05) is 6.61 Å². The van der Waals surface area contributed by atoms with Gasteiger partial charge < -0.3 is 10.2 Å². The lowest BCUT2D eigenvalue weighted by Gasteiger charge is -2.19. The van der Waals surface area contributed by atoms with Gasteiger partial charge in [0.25, 0.3) is 0 Å². The summed E-state index contributed by atoms with van der Waals surface area (Å²) in [5.74, 6) is 0.463. The van der Waals surface area contributed by atoms with Crippen LogP contribution in [-0.4, -0.2) is 29.1 Å². The largest absolute Gasteiger partial charge is 0.507 e. The number of aliphatic imine (C=N–C) groups is 1. The Morgan fingerprint density at radius 3 is 2.72 bits per heavy atom. The minimum absolute atomic E-state index is 0.00758. The first-order chi connectivity index (χ1) is 14.1.